The van der Waals surface area contributed by atoms with E-state index in [1.54, 1.807) is 7.05 Å². The maximum atomic E-state index is 10.9. The SMILES string of the molecule is Cn1ccc(=O)n(C)c1=O.O=c1cc[nH]c(=O)[nH]1. The summed E-state index contributed by atoms with van der Waals surface area (Å²) < 4.78 is 2.40. The van der Waals surface area contributed by atoms with Gasteiger partial charge in [0, 0.05) is 38.6 Å². The lowest BCUT2D eigenvalue weighted by molar-refractivity contribution is 0.686. The van der Waals surface area contributed by atoms with E-state index in [4.69, 9.17) is 0 Å². The monoisotopic (exact) mass is 252 g/mol. The van der Waals surface area contributed by atoms with Crippen molar-refractivity contribution in [2.24, 2.45) is 14.1 Å². The number of hydrogen-bond donors (Lipinski definition) is 2. The fraction of sp³-hybridized carbons (Fsp3) is 0.200. The Morgan fingerprint density at radius 1 is 1.06 bits per heavy atom. The van der Waals surface area contributed by atoms with Crippen LogP contribution in [0, 0.1) is 0 Å². The molecule has 0 aliphatic heterocycles. The summed E-state index contributed by atoms with van der Waals surface area (Å²) >= 11 is 0. The predicted octanol–water partition coefficient (Wildman–Crippen LogP) is -1.85. The number of aryl methyl sites for hydroxylation is 1. The van der Waals surface area contributed by atoms with Gasteiger partial charge in [0.25, 0.3) is 11.1 Å². The number of nitrogens with zero attached hydrogens (tertiary/aromatic N) is 2. The van der Waals surface area contributed by atoms with Crippen LogP contribution in [0.25, 0.3) is 0 Å². The second-order valence-electron chi connectivity index (χ2n) is 3.40. The Morgan fingerprint density at radius 2 is 1.72 bits per heavy atom. The zero-order valence-corrected chi connectivity index (χ0v) is 9.84. The highest BCUT2D eigenvalue weighted by atomic mass is 16.2. The van der Waals surface area contributed by atoms with Crippen molar-refractivity contribution in [3.8, 4) is 0 Å². The molecule has 0 atom stereocenters. The first-order valence-electron chi connectivity index (χ1n) is 4.92. The lowest BCUT2D eigenvalue weighted by atomic mass is 10.6. The molecule has 0 aromatic carbocycles. The molecule has 0 amide bonds. The molecule has 96 valence electrons. The van der Waals surface area contributed by atoms with Crippen LogP contribution < -0.4 is 22.5 Å². The highest BCUT2D eigenvalue weighted by molar-refractivity contribution is 4.83. The van der Waals surface area contributed by atoms with E-state index in [9.17, 15) is 19.2 Å². The third-order valence-electron chi connectivity index (χ3n) is 2.05. The average molecular weight is 252 g/mol. The van der Waals surface area contributed by atoms with Crippen LogP contribution >= 0.6 is 0 Å². The van der Waals surface area contributed by atoms with E-state index in [-0.39, 0.29) is 16.8 Å². The topological polar surface area (TPSA) is 110 Å². The molecule has 8 heteroatoms. The molecule has 0 aliphatic rings. The summed E-state index contributed by atoms with van der Waals surface area (Å²) in [5.74, 6) is 0. The molecule has 0 unspecified atom stereocenters. The fourth-order valence-electron chi connectivity index (χ4n) is 1.06. The van der Waals surface area contributed by atoms with Gasteiger partial charge in [-0.3, -0.25) is 19.1 Å². The van der Waals surface area contributed by atoms with Gasteiger partial charge < -0.3 is 9.55 Å². The van der Waals surface area contributed by atoms with Crippen LogP contribution in [-0.2, 0) is 14.1 Å². The largest absolute Gasteiger partial charge is 0.330 e. The van der Waals surface area contributed by atoms with Crippen molar-refractivity contribution in [2.75, 3.05) is 0 Å². The highest BCUT2D eigenvalue weighted by Gasteiger charge is 1.93. The average Bonchev–Trinajstić information content (AvgIpc) is 2.32. The van der Waals surface area contributed by atoms with Gasteiger partial charge in [0.2, 0.25) is 0 Å². The smallest absolute Gasteiger partial charge is 0.314 e. The van der Waals surface area contributed by atoms with Crippen molar-refractivity contribution in [2.45, 2.75) is 0 Å². The van der Waals surface area contributed by atoms with Gasteiger partial charge >= 0.3 is 11.4 Å². The van der Waals surface area contributed by atoms with Gasteiger partial charge in [0.15, 0.2) is 0 Å². The standard InChI is InChI=1S/C6H8N2O2.C4H4N2O2/c1-7-4-3-5(9)8(2)6(7)10;7-3-1-2-5-4(8)6-3/h3-4H,1-2H3;1-2H,(H2,5,6,7,8). The zero-order chi connectivity index (χ0) is 13.7. The third-order valence-corrected chi connectivity index (χ3v) is 2.05. The van der Waals surface area contributed by atoms with E-state index >= 15 is 0 Å². The zero-order valence-electron chi connectivity index (χ0n) is 9.84. The van der Waals surface area contributed by atoms with E-state index in [1.165, 1.54) is 36.1 Å². The molecule has 2 aromatic heterocycles. The van der Waals surface area contributed by atoms with Gasteiger partial charge in [-0.2, -0.15) is 0 Å². The molecule has 8 nitrogen and oxygen atoms in total. The second kappa shape index (κ2) is 5.62. The molecule has 2 rings (SSSR count). The predicted molar refractivity (Wildman–Crippen MR) is 64.6 cm³/mol. The molecule has 0 saturated heterocycles. The third kappa shape index (κ3) is 3.44. The summed E-state index contributed by atoms with van der Waals surface area (Å²) in [5, 5.41) is 0. The minimum atomic E-state index is -0.475. The number of rotatable bonds is 0. The number of aromatic amines is 2. The molecule has 18 heavy (non-hydrogen) atoms. The van der Waals surface area contributed by atoms with Gasteiger partial charge in [0.1, 0.15) is 0 Å². The lowest BCUT2D eigenvalue weighted by Crippen LogP contribution is -2.35. The van der Waals surface area contributed by atoms with Gasteiger partial charge in [0.05, 0.1) is 0 Å². The molecule has 2 N–H and O–H groups in total. The molecule has 0 spiro atoms. The number of nitrogens with one attached hydrogen (secondary N) is 2. The van der Waals surface area contributed by atoms with Crippen LogP contribution in [0.15, 0.2) is 43.7 Å². The molecule has 0 fully saturated rings. The molecule has 0 aliphatic carbocycles. The first-order chi connectivity index (χ1) is 8.41. The van der Waals surface area contributed by atoms with Gasteiger partial charge in [-0.1, -0.05) is 0 Å². The summed E-state index contributed by atoms with van der Waals surface area (Å²) in [6.07, 6.45) is 2.74. The Kier molecular flexibility index (Phi) is 4.19. The maximum Gasteiger partial charge on any atom is 0.330 e. The van der Waals surface area contributed by atoms with Crippen molar-refractivity contribution in [3.63, 3.8) is 0 Å². The highest BCUT2D eigenvalue weighted by Crippen LogP contribution is 1.66. The van der Waals surface area contributed by atoms with Gasteiger partial charge in [-0.25, -0.2) is 9.59 Å². The van der Waals surface area contributed by atoms with Crippen LogP contribution in [0.3, 0.4) is 0 Å². The van der Waals surface area contributed by atoms with E-state index in [1.807, 2.05) is 4.98 Å². The lowest BCUT2D eigenvalue weighted by Gasteiger charge is -1.97. The van der Waals surface area contributed by atoms with Crippen LogP contribution in [0.5, 0.6) is 0 Å². The summed E-state index contributed by atoms with van der Waals surface area (Å²) in [5.41, 5.74) is -1.43. The molecular weight excluding hydrogens is 240 g/mol. The van der Waals surface area contributed by atoms with Crippen LogP contribution in [-0.4, -0.2) is 19.1 Å². The van der Waals surface area contributed by atoms with Crippen LogP contribution in [0.1, 0.15) is 0 Å². The molecule has 0 bridgehead atoms. The quantitative estimate of drug-likeness (QED) is 0.573. The molecule has 2 heterocycles. The Bertz CT molecular complexity index is 724. The minimum absolute atomic E-state index is 0.275. The van der Waals surface area contributed by atoms with Crippen molar-refractivity contribution in [3.05, 3.63) is 66.2 Å². The molecular formula is C10H12N4O4. The molecule has 0 saturated carbocycles. The maximum absolute atomic E-state index is 10.9. The Hall–Kier alpha value is -2.64. The molecule has 0 radical (unpaired) electrons. The van der Waals surface area contributed by atoms with Crippen molar-refractivity contribution < 1.29 is 0 Å². The fourth-order valence-corrected chi connectivity index (χ4v) is 1.06. The summed E-state index contributed by atoms with van der Waals surface area (Å²) in [7, 11) is 3.05. The summed E-state index contributed by atoms with van der Waals surface area (Å²) in [4.78, 5) is 46.3. The summed E-state index contributed by atoms with van der Waals surface area (Å²) in [6.45, 7) is 0. The number of aromatic nitrogens is 4. The number of hydrogen-bond acceptors (Lipinski definition) is 4. The van der Waals surface area contributed by atoms with Crippen molar-refractivity contribution in [1.82, 2.24) is 19.1 Å². The second-order valence-corrected chi connectivity index (χ2v) is 3.40. The Morgan fingerprint density at radius 3 is 2.17 bits per heavy atom. The van der Waals surface area contributed by atoms with E-state index in [2.05, 4.69) is 4.98 Å². The minimum Gasteiger partial charge on any atom is -0.314 e. The van der Waals surface area contributed by atoms with E-state index in [0.717, 1.165) is 4.57 Å². The van der Waals surface area contributed by atoms with E-state index < -0.39 is 5.69 Å². The first-order valence-corrected chi connectivity index (χ1v) is 4.92. The van der Waals surface area contributed by atoms with Crippen LogP contribution in [0.2, 0.25) is 0 Å². The first kappa shape index (κ1) is 13.4. The normalized spacial score (nSPS) is 9.44. The van der Waals surface area contributed by atoms with Gasteiger partial charge in [-0.05, 0) is 0 Å². The Balaban J connectivity index is 0.000000184. The number of H-pyrrole nitrogens is 2. The molecule has 2 aromatic rings. The van der Waals surface area contributed by atoms with Crippen molar-refractivity contribution >= 4 is 0 Å². The van der Waals surface area contributed by atoms with E-state index in [0.29, 0.717) is 0 Å². The van der Waals surface area contributed by atoms with Crippen LogP contribution in [0.4, 0.5) is 0 Å². The van der Waals surface area contributed by atoms with Gasteiger partial charge in [-0.15, -0.1) is 0 Å². The van der Waals surface area contributed by atoms with Crippen molar-refractivity contribution in [1.29, 1.82) is 0 Å². The summed E-state index contributed by atoms with van der Waals surface area (Å²) in [6, 6.07) is 2.59. The Labute approximate surface area is 100 Å².